The zero-order valence-electron chi connectivity index (χ0n) is 21.5. The van der Waals surface area contributed by atoms with Crippen LogP contribution in [0.15, 0.2) is 53.3 Å². The molecule has 0 radical (unpaired) electrons. The Bertz CT molecular complexity index is 1680. The van der Waals surface area contributed by atoms with E-state index < -0.39 is 98.5 Å². The van der Waals surface area contributed by atoms with Crippen LogP contribution in [0.3, 0.4) is 0 Å². The van der Waals surface area contributed by atoms with E-state index in [9.17, 15) is 49.7 Å². The number of Topliss-reactive ketones (excluding diaryl/α,β-unsaturated/α-hetero) is 2. The largest absolute Gasteiger partial charge is 0.508 e. The van der Waals surface area contributed by atoms with Crippen molar-refractivity contribution in [1.29, 1.82) is 0 Å². The number of carbonyl (C=O) groups excluding carboxylic acids is 4. The lowest BCUT2D eigenvalue weighted by atomic mass is 9.55. The van der Waals surface area contributed by atoms with Crippen LogP contribution < -0.4 is 11.1 Å². The second-order valence-corrected chi connectivity index (χ2v) is 10.6. The van der Waals surface area contributed by atoms with E-state index in [1.807, 2.05) is 0 Å². The third-order valence-corrected chi connectivity index (χ3v) is 8.21. The molecule has 1 fully saturated rings. The molecule has 2 amide bonds. The summed E-state index contributed by atoms with van der Waals surface area (Å²) in [4.78, 5) is 62.7. The van der Waals surface area contributed by atoms with Gasteiger partial charge in [-0.05, 0) is 29.7 Å². The average molecular weight is 600 g/mol. The highest BCUT2D eigenvalue weighted by molar-refractivity contribution is 6.31. The van der Waals surface area contributed by atoms with Crippen LogP contribution in [0.2, 0.25) is 5.02 Å². The van der Waals surface area contributed by atoms with E-state index >= 15 is 0 Å². The van der Waals surface area contributed by atoms with E-state index in [2.05, 4.69) is 5.32 Å². The number of nitrogens with one attached hydrogen (secondary N) is 1. The number of carbonyl (C=O) groups is 4. The van der Waals surface area contributed by atoms with Crippen LogP contribution in [0.5, 0.6) is 5.75 Å². The Balaban J connectivity index is 1.68. The Morgan fingerprint density at radius 3 is 2.52 bits per heavy atom. The van der Waals surface area contributed by atoms with E-state index in [1.54, 1.807) is 13.0 Å². The van der Waals surface area contributed by atoms with Crippen LogP contribution >= 0.6 is 11.6 Å². The summed E-state index contributed by atoms with van der Waals surface area (Å²) in [5.74, 6) is -10.1. The van der Waals surface area contributed by atoms with Gasteiger partial charge in [0.05, 0.1) is 10.5 Å². The number of primary amides is 1. The van der Waals surface area contributed by atoms with Crippen LogP contribution in [0.1, 0.15) is 30.4 Å². The summed E-state index contributed by atoms with van der Waals surface area (Å²) in [6.07, 6.45) is -3.75. The van der Waals surface area contributed by atoms with Crippen LogP contribution in [0, 0.1) is 22.0 Å². The number of rotatable bonds is 4. The second-order valence-electron chi connectivity index (χ2n) is 10.1. The number of benzene rings is 2. The number of hydrogen-bond donors (Lipinski definition) is 6. The minimum absolute atomic E-state index is 0.00733. The lowest BCUT2D eigenvalue weighted by Crippen LogP contribution is -2.64. The van der Waals surface area contributed by atoms with Gasteiger partial charge in [-0.15, -0.1) is 0 Å². The Morgan fingerprint density at radius 1 is 1.19 bits per heavy atom. The summed E-state index contributed by atoms with van der Waals surface area (Å²) in [6.45, 7) is 1.58. The monoisotopic (exact) mass is 599 g/mol. The molecule has 2 aromatic carbocycles. The summed E-state index contributed by atoms with van der Waals surface area (Å²) < 4.78 is 5.64. The van der Waals surface area contributed by atoms with Gasteiger partial charge in [-0.25, -0.2) is 4.79 Å². The van der Waals surface area contributed by atoms with E-state index in [1.165, 1.54) is 18.2 Å². The zero-order chi connectivity index (χ0) is 30.8. The molecule has 3 aliphatic rings. The van der Waals surface area contributed by atoms with Crippen LogP contribution in [0.4, 0.5) is 16.2 Å². The lowest BCUT2D eigenvalue weighted by Gasteiger charge is -2.51. The number of nitrogens with zero attached hydrogens (tertiary/aromatic N) is 1. The minimum atomic E-state index is -3.06. The number of fused-ring (bicyclic) bond motifs is 3. The summed E-state index contributed by atoms with van der Waals surface area (Å²) in [5.41, 5.74) is -0.111. The van der Waals surface area contributed by atoms with Crippen molar-refractivity contribution in [3.8, 4) is 5.75 Å². The van der Waals surface area contributed by atoms with Gasteiger partial charge >= 0.3 is 6.09 Å². The molecular formula is C27H22ClN3O11. The minimum Gasteiger partial charge on any atom is -0.508 e. The number of ketones is 2. The molecule has 14 nitrogen and oxygen atoms in total. The molecule has 15 heteroatoms. The van der Waals surface area contributed by atoms with Gasteiger partial charge in [-0.3, -0.25) is 29.8 Å². The Morgan fingerprint density at radius 2 is 1.88 bits per heavy atom. The van der Waals surface area contributed by atoms with Crippen LogP contribution in [-0.4, -0.2) is 60.6 Å². The quantitative estimate of drug-likeness (QED) is 0.169. The summed E-state index contributed by atoms with van der Waals surface area (Å²) in [7, 11) is 0. The second kappa shape index (κ2) is 9.85. The topological polar surface area (TPSA) is 240 Å². The number of ether oxygens (including phenoxy) is 1. The van der Waals surface area contributed by atoms with Gasteiger partial charge in [-0.1, -0.05) is 30.7 Å². The molecule has 5 rings (SSSR count). The normalized spacial score (nSPS) is 26.6. The van der Waals surface area contributed by atoms with Crippen molar-refractivity contribution in [3.63, 3.8) is 0 Å². The molecule has 0 spiro atoms. The van der Waals surface area contributed by atoms with E-state index in [4.69, 9.17) is 22.1 Å². The number of nitrogens with two attached hydrogens (primary N) is 1. The third kappa shape index (κ3) is 4.06. The number of nitro groups is 1. The summed E-state index contributed by atoms with van der Waals surface area (Å²) in [6, 6.07) is 7.65. The highest BCUT2D eigenvalue weighted by atomic mass is 35.5. The van der Waals surface area contributed by atoms with Crippen molar-refractivity contribution in [2.24, 2.45) is 17.6 Å². The third-order valence-electron chi connectivity index (χ3n) is 7.97. The number of phenols is 1. The van der Waals surface area contributed by atoms with Gasteiger partial charge in [0.1, 0.15) is 34.6 Å². The van der Waals surface area contributed by atoms with Crippen molar-refractivity contribution in [3.05, 3.63) is 79.6 Å². The Hall–Kier alpha value is -4.95. The van der Waals surface area contributed by atoms with Crippen LogP contribution in [-0.2, 0) is 19.1 Å². The van der Waals surface area contributed by atoms with Gasteiger partial charge in [0.15, 0.2) is 11.4 Å². The maximum absolute atomic E-state index is 13.9. The van der Waals surface area contributed by atoms with Crippen molar-refractivity contribution in [2.75, 3.05) is 5.32 Å². The highest BCUT2D eigenvalue weighted by Gasteiger charge is 2.66. The first-order valence-electron chi connectivity index (χ1n) is 12.4. The molecule has 0 saturated heterocycles. The number of hydrogen-bond acceptors (Lipinski definition) is 11. The molecule has 42 heavy (non-hydrogen) atoms. The van der Waals surface area contributed by atoms with Crippen molar-refractivity contribution >= 4 is 52.3 Å². The van der Waals surface area contributed by atoms with Crippen molar-refractivity contribution in [2.45, 2.75) is 31.0 Å². The van der Waals surface area contributed by atoms with E-state index in [-0.39, 0.29) is 16.3 Å². The Labute approximate surface area is 240 Å². The van der Waals surface area contributed by atoms with E-state index in [0.717, 1.165) is 12.1 Å². The molecule has 0 bridgehead atoms. The SMILES string of the molecule is C[C@H]1c2cccc(O)c2C(O)=C2C(=O)[C@]3(O)C(O)=C(C(N)=O)C(=O)C[C@@H]3[C@@H](OC(=O)Nc3ccc(Cl)cc3[N+](=O)[O-])[C@@H]21. The first-order chi connectivity index (χ1) is 19.7. The fourth-order valence-electron chi connectivity index (χ4n) is 6.11. The van der Waals surface area contributed by atoms with Gasteiger partial charge in [0.2, 0.25) is 5.78 Å². The molecular weight excluding hydrogens is 578 g/mol. The molecule has 7 N–H and O–H groups in total. The van der Waals surface area contributed by atoms with Gasteiger partial charge < -0.3 is 30.9 Å². The zero-order valence-corrected chi connectivity index (χ0v) is 22.3. The molecule has 0 heterocycles. The number of aliphatic hydroxyl groups excluding tert-OH is 2. The average Bonchev–Trinajstić information content (AvgIpc) is 2.91. The maximum Gasteiger partial charge on any atom is 0.412 e. The smallest absolute Gasteiger partial charge is 0.412 e. The van der Waals surface area contributed by atoms with Crippen molar-refractivity contribution < 1.29 is 49.3 Å². The molecule has 1 saturated carbocycles. The summed E-state index contributed by atoms with van der Waals surface area (Å²) in [5, 5.41) is 58.1. The van der Waals surface area contributed by atoms with Gasteiger partial charge in [-0.2, -0.15) is 0 Å². The number of anilines is 1. The number of phenolic OH excluding ortho intramolecular Hbond substituents is 1. The lowest BCUT2D eigenvalue weighted by molar-refractivity contribution is -0.383. The predicted molar refractivity (Wildman–Crippen MR) is 143 cm³/mol. The fraction of sp³-hybridized carbons (Fsp3) is 0.259. The molecule has 0 aliphatic heterocycles. The molecule has 5 atom stereocenters. The molecule has 3 aliphatic carbocycles. The first kappa shape index (κ1) is 28.6. The Kier molecular flexibility index (Phi) is 6.70. The molecule has 0 aromatic heterocycles. The fourth-order valence-corrected chi connectivity index (χ4v) is 6.27. The standard InChI is InChI=1S/C27H22ClN3O11/c1-9-11-3-2-4-15(32)18(11)21(34)20-17(9)22(42-26(38)30-13-6-5-10(28)7-14(13)31(40)41)12-8-16(33)19(25(29)37)23(35)27(12,39)24(20)36/h2-7,9,12,17,22,32,34-35,39H,8H2,1H3,(H2,29,37)(H,30,38)/t9-,12+,17+,22+,27+/m0/s1. The molecule has 218 valence electrons. The number of aliphatic hydroxyl groups is 3. The number of nitro benzene ring substituents is 1. The van der Waals surface area contributed by atoms with Crippen molar-refractivity contribution in [1.82, 2.24) is 0 Å². The van der Waals surface area contributed by atoms with Gasteiger partial charge in [0.25, 0.3) is 11.6 Å². The summed E-state index contributed by atoms with van der Waals surface area (Å²) >= 11 is 5.83. The molecule has 0 unspecified atom stereocenters. The number of halogens is 1. The molecule has 2 aromatic rings. The number of aromatic hydroxyl groups is 1. The van der Waals surface area contributed by atoms with Gasteiger partial charge in [0, 0.05) is 34.9 Å². The highest BCUT2D eigenvalue weighted by Crippen LogP contribution is 2.56. The maximum atomic E-state index is 13.9. The number of amides is 2. The first-order valence-corrected chi connectivity index (χ1v) is 12.8. The van der Waals surface area contributed by atoms with E-state index in [0.29, 0.717) is 5.56 Å². The predicted octanol–water partition coefficient (Wildman–Crippen LogP) is 2.77. The van der Waals surface area contributed by atoms with Crippen LogP contribution in [0.25, 0.3) is 5.76 Å².